The highest BCUT2D eigenvalue weighted by atomic mass is 79.9. The van der Waals surface area contributed by atoms with E-state index < -0.39 is 0 Å². The van der Waals surface area contributed by atoms with Crippen LogP contribution in [0.5, 0.6) is 11.5 Å². The number of aliphatic hydroxyl groups excluding tert-OH is 1. The molecule has 0 amide bonds. The fourth-order valence-corrected chi connectivity index (χ4v) is 1.75. The van der Waals surface area contributed by atoms with Gasteiger partial charge in [0.25, 0.3) is 0 Å². The van der Waals surface area contributed by atoms with E-state index in [4.69, 9.17) is 15.6 Å². The van der Waals surface area contributed by atoms with Gasteiger partial charge in [0.2, 0.25) is 0 Å². The summed E-state index contributed by atoms with van der Waals surface area (Å²) in [5, 5.41) is 18.5. The number of methoxy groups -OCH3 is 1. The van der Waals surface area contributed by atoms with Crippen molar-refractivity contribution in [2.24, 2.45) is 5.73 Å². The molecule has 0 aliphatic rings. The molecule has 4 N–H and O–H groups in total. The Bertz CT molecular complexity index is 349. The van der Waals surface area contributed by atoms with Crippen molar-refractivity contribution in [2.45, 2.75) is 12.5 Å². The first-order chi connectivity index (χ1) is 7.10. The topological polar surface area (TPSA) is 75.7 Å². The van der Waals surface area contributed by atoms with E-state index in [1.807, 2.05) is 0 Å². The Morgan fingerprint density at radius 1 is 1.50 bits per heavy atom. The predicted molar refractivity (Wildman–Crippen MR) is 68.4 cm³/mol. The van der Waals surface area contributed by atoms with Gasteiger partial charge in [-0.3, -0.25) is 0 Å². The van der Waals surface area contributed by atoms with E-state index in [2.05, 4.69) is 15.9 Å². The highest BCUT2D eigenvalue weighted by molar-refractivity contribution is 9.10. The second-order valence-corrected chi connectivity index (χ2v) is 4.03. The molecule has 1 aromatic rings. The molecule has 0 radical (unpaired) electrons. The van der Waals surface area contributed by atoms with Crippen LogP contribution in [0, 0.1) is 0 Å². The smallest absolute Gasteiger partial charge is 0.172 e. The maximum absolute atomic E-state index is 9.69. The Kier molecular flexibility index (Phi) is 6.74. The summed E-state index contributed by atoms with van der Waals surface area (Å²) in [5.41, 5.74) is 6.45. The van der Waals surface area contributed by atoms with Crippen LogP contribution in [-0.4, -0.2) is 30.0 Å². The normalized spacial score (nSPS) is 11.8. The Morgan fingerprint density at radius 3 is 2.62 bits per heavy atom. The SMILES string of the molecule is COc1ccc(CC(N)CO)c(Br)c1O.Cl. The summed E-state index contributed by atoms with van der Waals surface area (Å²) in [5.74, 6) is 0.461. The number of phenolic OH excluding ortho intramolecular Hbond substituents is 1. The Hall–Kier alpha value is -0.490. The third-order valence-electron chi connectivity index (χ3n) is 2.10. The number of phenols is 1. The number of hydrogen-bond acceptors (Lipinski definition) is 4. The van der Waals surface area contributed by atoms with Crippen LogP contribution in [0.4, 0.5) is 0 Å². The summed E-state index contributed by atoms with van der Waals surface area (Å²) < 4.78 is 5.51. The van der Waals surface area contributed by atoms with Crippen molar-refractivity contribution in [3.05, 3.63) is 22.2 Å². The highest BCUT2D eigenvalue weighted by Crippen LogP contribution is 2.36. The molecule has 0 aliphatic carbocycles. The Labute approximate surface area is 109 Å². The van der Waals surface area contributed by atoms with E-state index in [0.717, 1.165) is 5.56 Å². The van der Waals surface area contributed by atoms with E-state index in [1.165, 1.54) is 7.11 Å². The zero-order chi connectivity index (χ0) is 11.4. The second kappa shape index (κ2) is 6.96. The van der Waals surface area contributed by atoms with Crippen LogP contribution in [-0.2, 0) is 6.42 Å². The monoisotopic (exact) mass is 311 g/mol. The number of hydrogen-bond donors (Lipinski definition) is 3. The van der Waals surface area contributed by atoms with Gasteiger partial charge in [-0.15, -0.1) is 12.4 Å². The zero-order valence-electron chi connectivity index (χ0n) is 8.81. The third kappa shape index (κ3) is 3.52. The standard InChI is InChI=1S/C10H14BrNO3.ClH/c1-15-8-3-2-6(4-7(12)5-13)9(11)10(8)14;/h2-3,7,13-14H,4-5,12H2,1H3;1H. The van der Waals surface area contributed by atoms with Gasteiger partial charge in [0.15, 0.2) is 11.5 Å². The molecule has 0 fully saturated rings. The van der Waals surface area contributed by atoms with Crippen molar-refractivity contribution >= 4 is 28.3 Å². The average Bonchev–Trinajstić information content (AvgIpc) is 2.25. The van der Waals surface area contributed by atoms with E-state index in [1.54, 1.807) is 12.1 Å². The van der Waals surface area contributed by atoms with Gasteiger partial charge in [0.1, 0.15) is 0 Å². The van der Waals surface area contributed by atoms with E-state index in [-0.39, 0.29) is 30.8 Å². The maximum atomic E-state index is 9.69. The summed E-state index contributed by atoms with van der Waals surface area (Å²) in [7, 11) is 1.49. The van der Waals surface area contributed by atoms with Crippen molar-refractivity contribution in [1.82, 2.24) is 0 Å². The minimum atomic E-state index is -0.325. The predicted octanol–water partition coefficient (Wildman–Crippen LogP) is 1.45. The molecule has 16 heavy (non-hydrogen) atoms. The van der Waals surface area contributed by atoms with Gasteiger partial charge in [-0.1, -0.05) is 6.07 Å². The van der Waals surface area contributed by atoms with Crippen molar-refractivity contribution in [3.8, 4) is 11.5 Å². The number of halogens is 2. The summed E-state index contributed by atoms with van der Waals surface area (Å²) in [6, 6.07) is 3.15. The van der Waals surface area contributed by atoms with E-state index in [9.17, 15) is 5.11 Å². The number of benzene rings is 1. The van der Waals surface area contributed by atoms with Crippen LogP contribution in [0.1, 0.15) is 5.56 Å². The first-order valence-corrected chi connectivity index (χ1v) is 5.30. The molecule has 4 nitrogen and oxygen atoms in total. The van der Waals surface area contributed by atoms with Gasteiger partial charge in [0, 0.05) is 6.04 Å². The lowest BCUT2D eigenvalue weighted by Crippen LogP contribution is -2.26. The molecule has 0 saturated heterocycles. The molecule has 0 aromatic heterocycles. The lowest BCUT2D eigenvalue weighted by atomic mass is 10.1. The Morgan fingerprint density at radius 2 is 2.12 bits per heavy atom. The van der Waals surface area contributed by atoms with Crippen molar-refractivity contribution in [1.29, 1.82) is 0 Å². The van der Waals surface area contributed by atoms with Gasteiger partial charge in [-0.05, 0) is 34.0 Å². The number of ether oxygens (including phenoxy) is 1. The van der Waals surface area contributed by atoms with Crippen LogP contribution < -0.4 is 10.5 Å². The summed E-state index contributed by atoms with van der Waals surface area (Å²) in [6.07, 6.45) is 0.495. The van der Waals surface area contributed by atoms with Crippen LogP contribution >= 0.6 is 28.3 Å². The van der Waals surface area contributed by atoms with Crippen LogP contribution in [0.25, 0.3) is 0 Å². The minimum Gasteiger partial charge on any atom is -0.503 e. The summed E-state index contributed by atoms with van der Waals surface area (Å²) in [4.78, 5) is 0. The van der Waals surface area contributed by atoms with Gasteiger partial charge in [0.05, 0.1) is 18.2 Å². The number of nitrogens with two attached hydrogens (primary N) is 1. The molecular formula is C10H15BrClNO3. The fraction of sp³-hybridized carbons (Fsp3) is 0.400. The first-order valence-electron chi connectivity index (χ1n) is 4.51. The third-order valence-corrected chi connectivity index (χ3v) is 2.98. The number of rotatable bonds is 4. The molecule has 0 bridgehead atoms. The fourth-order valence-electron chi connectivity index (χ4n) is 1.26. The minimum absolute atomic E-state index is 0. The molecule has 1 rings (SSSR count). The van der Waals surface area contributed by atoms with Crippen LogP contribution in [0.2, 0.25) is 0 Å². The van der Waals surface area contributed by atoms with E-state index in [0.29, 0.717) is 16.6 Å². The molecule has 92 valence electrons. The van der Waals surface area contributed by atoms with Gasteiger partial charge >= 0.3 is 0 Å². The molecule has 1 atom stereocenters. The molecule has 1 unspecified atom stereocenters. The van der Waals surface area contributed by atoms with Crippen molar-refractivity contribution < 1.29 is 14.9 Å². The largest absolute Gasteiger partial charge is 0.503 e. The summed E-state index contributed by atoms with van der Waals surface area (Å²) >= 11 is 3.26. The lowest BCUT2D eigenvalue weighted by Gasteiger charge is -2.12. The van der Waals surface area contributed by atoms with Crippen LogP contribution in [0.3, 0.4) is 0 Å². The molecule has 0 spiro atoms. The van der Waals surface area contributed by atoms with E-state index >= 15 is 0 Å². The maximum Gasteiger partial charge on any atom is 0.172 e. The lowest BCUT2D eigenvalue weighted by molar-refractivity contribution is 0.265. The van der Waals surface area contributed by atoms with Gasteiger partial charge < -0.3 is 20.7 Å². The van der Waals surface area contributed by atoms with Gasteiger partial charge in [-0.2, -0.15) is 0 Å². The molecule has 0 aliphatic heterocycles. The van der Waals surface area contributed by atoms with Crippen molar-refractivity contribution in [3.63, 3.8) is 0 Å². The molecule has 6 heteroatoms. The second-order valence-electron chi connectivity index (χ2n) is 3.24. The van der Waals surface area contributed by atoms with Crippen molar-refractivity contribution in [2.75, 3.05) is 13.7 Å². The number of aliphatic hydroxyl groups is 1. The molecular weight excluding hydrogens is 297 g/mol. The van der Waals surface area contributed by atoms with Gasteiger partial charge in [-0.25, -0.2) is 0 Å². The van der Waals surface area contributed by atoms with Crippen LogP contribution in [0.15, 0.2) is 16.6 Å². The summed E-state index contributed by atoms with van der Waals surface area (Å²) in [6.45, 7) is -0.0841. The highest BCUT2D eigenvalue weighted by Gasteiger charge is 2.12. The number of aromatic hydroxyl groups is 1. The quantitative estimate of drug-likeness (QED) is 0.786. The zero-order valence-corrected chi connectivity index (χ0v) is 11.2. The molecule has 0 heterocycles. The molecule has 0 saturated carbocycles. The molecule has 1 aromatic carbocycles. The Balaban J connectivity index is 0.00000225. The first kappa shape index (κ1) is 15.5. The average molecular weight is 313 g/mol.